The van der Waals surface area contributed by atoms with E-state index in [0.29, 0.717) is 18.8 Å². The maximum atomic E-state index is 13.0. The van der Waals surface area contributed by atoms with Gasteiger partial charge in [-0.15, -0.1) is 0 Å². The van der Waals surface area contributed by atoms with Crippen LogP contribution in [0.2, 0.25) is 0 Å². The summed E-state index contributed by atoms with van der Waals surface area (Å²) in [6.07, 6.45) is 6.40. The molecule has 2 heterocycles. The molecule has 1 amide bonds. The van der Waals surface area contributed by atoms with Crippen molar-refractivity contribution in [3.8, 4) is 0 Å². The number of carbonyl (C=O) groups is 3. The summed E-state index contributed by atoms with van der Waals surface area (Å²) in [7, 11) is 0. The zero-order valence-electron chi connectivity index (χ0n) is 16.5. The first-order valence-electron chi connectivity index (χ1n) is 9.74. The third-order valence-corrected chi connectivity index (χ3v) is 5.14. The van der Waals surface area contributed by atoms with E-state index in [1.54, 1.807) is 36.3 Å². The van der Waals surface area contributed by atoms with Crippen LogP contribution in [0, 0.1) is 0 Å². The molecule has 1 aromatic rings. The second kappa shape index (κ2) is 7.98. The lowest BCUT2D eigenvalue weighted by molar-refractivity contribution is -0.126. The van der Waals surface area contributed by atoms with E-state index >= 15 is 0 Å². The van der Waals surface area contributed by atoms with Crippen molar-refractivity contribution in [2.24, 2.45) is 4.99 Å². The van der Waals surface area contributed by atoms with Gasteiger partial charge in [0.05, 0.1) is 18.7 Å². The summed E-state index contributed by atoms with van der Waals surface area (Å²) in [6.45, 7) is 2.17. The summed E-state index contributed by atoms with van der Waals surface area (Å²) in [5.41, 5.74) is -0.0563. The van der Waals surface area contributed by atoms with E-state index in [0.717, 1.165) is 5.56 Å². The second-order valence-electron chi connectivity index (χ2n) is 6.96. The quantitative estimate of drug-likeness (QED) is 0.722. The third-order valence-electron chi connectivity index (χ3n) is 5.14. The minimum Gasteiger partial charge on any atom is -0.434 e. The van der Waals surface area contributed by atoms with Crippen molar-refractivity contribution in [1.29, 1.82) is 0 Å². The zero-order valence-corrected chi connectivity index (χ0v) is 16.5. The molecule has 0 saturated heterocycles. The van der Waals surface area contributed by atoms with Gasteiger partial charge in [0, 0.05) is 12.7 Å². The van der Waals surface area contributed by atoms with Crippen molar-refractivity contribution in [3.05, 3.63) is 71.8 Å². The van der Waals surface area contributed by atoms with Crippen LogP contribution in [0.5, 0.6) is 0 Å². The Morgan fingerprint density at radius 1 is 1.23 bits per heavy atom. The topological polar surface area (TPSA) is 97.3 Å². The molecule has 1 unspecified atom stereocenters. The first-order chi connectivity index (χ1) is 14.6. The predicted molar refractivity (Wildman–Crippen MR) is 108 cm³/mol. The van der Waals surface area contributed by atoms with Crippen molar-refractivity contribution < 1.29 is 23.9 Å². The number of benzene rings is 1. The molecule has 0 saturated carbocycles. The van der Waals surface area contributed by atoms with Crippen molar-refractivity contribution in [2.75, 3.05) is 13.2 Å². The second-order valence-corrected chi connectivity index (χ2v) is 6.96. The molecule has 3 aliphatic rings. The highest BCUT2D eigenvalue weighted by Gasteiger charge is 2.60. The highest BCUT2D eigenvalue weighted by Crippen LogP contribution is 2.43. The lowest BCUT2D eigenvalue weighted by atomic mass is 9.93. The van der Waals surface area contributed by atoms with E-state index in [2.05, 4.69) is 10.3 Å². The number of carbonyl (C=O) groups excluding carboxylic acids is 3. The van der Waals surface area contributed by atoms with Gasteiger partial charge in [-0.2, -0.15) is 4.99 Å². The molecule has 1 spiro atoms. The fourth-order valence-electron chi connectivity index (χ4n) is 3.81. The van der Waals surface area contributed by atoms with Gasteiger partial charge in [0.15, 0.2) is 11.3 Å². The Balaban J connectivity index is 1.67. The summed E-state index contributed by atoms with van der Waals surface area (Å²) in [5, 5.41) is 3.19. The minimum absolute atomic E-state index is 0.105. The Morgan fingerprint density at radius 2 is 2.03 bits per heavy atom. The zero-order chi connectivity index (χ0) is 21.1. The Hall–Kier alpha value is -3.68. The average molecular weight is 407 g/mol. The van der Waals surface area contributed by atoms with E-state index in [1.165, 1.54) is 0 Å². The van der Waals surface area contributed by atoms with E-state index < -0.39 is 23.4 Å². The number of ether oxygens (including phenoxy) is 2. The summed E-state index contributed by atoms with van der Waals surface area (Å²) in [4.78, 5) is 43.6. The molecule has 1 aromatic carbocycles. The largest absolute Gasteiger partial charge is 0.514 e. The van der Waals surface area contributed by atoms with Crippen molar-refractivity contribution in [3.63, 3.8) is 0 Å². The third kappa shape index (κ3) is 3.30. The first-order valence-corrected chi connectivity index (χ1v) is 9.74. The molecule has 0 radical (unpaired) electrons. The summed E-state index contributed by atoms with van der Waals surface area (Å²) >= 11 is 0. The predicted octanol–water partition coefficient (Wildman–Crippen LogP) is 2.24. The number of nitrogens with zero attached hydrogens (tertiary/aromatic N) is 2. The van der Waals surface area contributed by atoms with E-state index in [4.69, 9.17) is 9.47 Å². The fourth-order valence-corrected chi connectivity index (χ4v) is 3.81. The van der Waals surface area contributed by atoms with Gasteiger partial charge in [-0.05, 0) is 31.1 Å². The number of rotatable bonds is 6. The maximum absolute atomic E-state index is 13.0. The van der Waals surface area contributed by atoms with Crippen molar-refractivity contribution in [1.82, 2.24) is 10.2 Å². The van der Waals surface area contributed by atoms with Gasteiger partial charge in [-0.25, -0.2) is 4.79 Å². The van der Waals surface area contributed by atoms with Crippen LogP contribution in [0.25, 0.3) is 0 Å². The molecule has 1 N–H and O–H groups in total. The van der Waals surface area contributed by atoms with Gasteiger partial charge >= 0.3 is 6.16 Å². The smallest absolute Gasteiger partial charge is 0.434 e. The van der Waals surface area contributed by atoms with Gasteiger partial charge in [0.1, 0.15) is 5.84 Å². The number of allylic oxidation sites excluding steroid dienone is 3. The number of hydrogen-bond donors (Lipinski definition) is 1. The standard InChI is InChI=1S/C22H21N3O5/c1-2-29-21(28)30-18-16(26)14-22(20(27)24-17-10-6-7-13-25(17)22)19(18)23-12-11-15-8-4-3-5-9-15/h3-10,13,23H,2,11-12,14H2,1H3. The average Bonchev–Trinajstić information content (AvgIpc) is 3.18. The normalized spacial score (nSPS) is 21.9. The highest BCUT2D eigenvalue weighted by molar-refractivity contribution is 6.18. The van der Waals surface area contributed by atoms with Crippen LogP contribution in [0.3, 0.4) is 0 Å². The molecule has 30 heavy (non-hydrogen) atoms. The van der Waals surface area contributed by atoms with E-state index in [9.17, 15) is 14.4 Å². The number of amides is 1. The minimum atomic E-state index is -1.38. The molecule has 0 aromatic heterocycles. The lowest BCUT2D eigenvalue weighted by Gasteiger charge is -2.34. The number of Topliss-reactive ketones (excluding diaryl/α,β-unsaturated/α-hetero) is 1. The number of fused-ring (bicyclic) bond motifs is 2. The van der Waals surface area contributed by atoms with Gasteiger partial charge in [0.2, 0.25) is 5.78 Å². The molecular formula is C22H21N3O5. The van der Waals surface area contributed by atoms with E-state index in [-0.39, 0.29) is 24.5 Å². The number of ketones is 1. The Bertz CT molecular complexity index is 1010. The van der Waals surface area contributed by atoms with Crippen LogP contribution in [-0.4, -0.2) is 47.3 Å². The summed E-state index contributed by atoms with van der Waals surface area (Å²) in [6, 6.07) is 9.79. The monoisotopic (exact) mass is 407 g/mol. The molecule has 4 rings (SSSR count). The number of hydrogen-bond acceptors (Lipinski definition) is 7. The molecule has 8 nitrogen and oxygen atoms in total. The van der Waals surface area contributed by atoms with Crippen LogP contribution in [-0.2, 0) is 25.5 Å². The number of nitrogens with one attached hydrogen (secondary N) is 1. The summed E-state index contributed by atoms with van der Waals surface area (Å²) in [5.74, 6) is -0.700. The molecule has 8 heteroatoms. The van der Waals surface area contributed by atoms with E-state index in [1.807, 2.05) is 30.3 Å². The number of amidine groups is 1. The Kier molecular flexibility index (Phi) is 5.22. The lowest BCUT2D eigenvalue weighted by Crippen LogP contribution is -2.52. The SMILES string of the molecule is CCOC(=O)OC1=C(NCCc2ccccc2)C2(CC1=O)C(=O)N=C1C=CC=CN12. The van der Waals surface area contributed by atoms with Gasteiger partial charge in [-0.3, -0.25) is 9.59 Å². The molecule has 1 aliphatic carbocycles. The highest BCUT2D eigenvalue weighted by atomic mass is 16.7. The van der Waals surface area contributed by atoms with Crippen molar-refractivity contribution >= 4 is 23.7 Å². The van der Waals surface area contributed by atoms with Gasteiger partial charge in [-0.1, -0.05) is 36.4 Å². The van der Waals surface area contributed by atoms with Crippen LogP contribution in [0.4, 0.5) is 4.79 Å². The maximum Gasteiger partial charge on any atom is 0.514 e. The molecule has 0 bridgehead atoms. The van der Waals surface area contributed by atoms with Crippen LogP contribution in [0.15, 0.2) is 71.2 Å². The number of aliphatic imine (C=N–C) groups is 1. The molecule has 0 fully saturated rings. The molecule has 1 atom stereocenters. The van der Waals surface area contributed by atoms with Gasteiger partial charge in [0.25, 0.3) is 5.91 Å². The van der Waals surface area contributed by atoms with Gasteiger partial charge < -0.3 is 19.7 Å². The Morgan fingerprint density at radius 3 is 2.80 bits per heavy atom. The van der Waals surface area contributed by atoms with Crippen LogP contribution < -0.4 is 5.32 Å². The molecule has 154 valence electrons. The fraction of sp³-hybridized carbons (Fsp3) is 0.273. The molecular weight excluding hydrogens is 386 g/mol. The van der Waals surface area contributed by atoms with Crippen LogP contribution in [0.1, 0.15) is 18.9 Å². The first kappa shape index (κ1) is 19.6. The van der Waals surface area contributed by atoms with Crippen LogP contribution >= 0.6 is 0 Å². The van der Waals surface area contributed by atoms with Crippen molar-refractivity contribution in [2.45, 2.75) is 25.3 Å². The summed E-state index contributed by atoms with van der Waals surface area (Å²) < 4.78 is 10.1. The Labute approximate surface area is 173 Å². The molecule has 2 aliphatic heterocycles.